The second-order valence-corrected chi connectivity index (χ2v) is 6.02. The Balaban J connectivity index is 2.98. The van der Waals surface area contributed by atoms with E-state index in [4.69, 9.17) is 5.84 Å². The second-order valence-electron chi connectivity index (χ2n) is 6.02. The third-order valence-corrected chi connectivity index (χ3v) is 4.41. The molecule has 0 saturated heterocycles. The fourth-order valence-electron chi connectivity index (χ4n) is 2.76. The van der Waals surface area contributed by atoms with Crippen LogP contribution in [0, 0.1) is 13.8 Å². The smallest absolute Gasteiger partial charge is 0.0432 e. The predicted octanol–water partition coefficient (Wildman–Crippen LogP) is 2.41. The van der Waals surface area contributed by atoms with Gasteiger partial charge in [0.1, 0.15) is 0 Å². The molecular weight excluding hydrogens is 234 g/mol. The van der Waals surface area contributed by atoms with Crippen LogP contribution in [0.2, 0.25) is 0 Å². The van der Waals surface area contributed by atoms with Crippen molar-refractivity contribution >= 4 is 0 Å². The van der Waals surface area contributed by atoms with Crippen molar-refractivity contribution in [1.82, 2.24) is 10.3 Å². The Morgan fingerprint density at radius 1 is 1.21 bits per heavy atom. The number of nitrogens with one attached hydrogen (secondary N) is 1. The normalized spacial score (nSPS) is 16.4. The van der Waals surface area contributed by atoms with Gasteiger partial charge in [-0.1, -0.05) is 36.2 Å². The molecule has 0 fully saturated rings. The van der Waals surface area contributed by atoms with Crippen molar-refractivity contribution in [1.29, 1.82) is 0 Å². The van der Waals surface area contributed by atoms with Crippen LogP contribution < -0.4 is 11.3 Å². The van der Waals surface area contributed by atoms with Gasteiger partial charge in [-0.15, -0.1) is 0 Å². The predicted molar refractivity (Wildman–Crippen MR) is 83.1 cm³/mol. The van der Waals surface area contributed by atoms with Crippen LogP contribution in [0.1, 0.15) is 37.0 Å². The molecule has 0 heterocycles. The molecule has 3 heteroatoms. The molecule has 0 saturated carbocycles. The van der Waals surface area contributed by atoms with Gasteiger partial charge in [0.2, 0.25) is 0 Å². The summed E-state index contributed by atoms with van der Waals surface area (Å²) in [4.78, 5) is 2.26. The lowest BCUT2D eigenvalue weighted by Crippen LogP contribution is -2.59. The van der Waals surface area contributed by atoms with Gasteiger partial charge in [-0.2, -0.15) is 0 Å². The molecule has 2 atom stereocenters. The first-order valence-corrected chi connectivity index (χ1v) is 7.04. The quantitative estimate of drug-likeness (QED) is 0.612. The number of rotatable bonds is 6. The number of hydrazine groups is 1. The second kappa shape index (κ2) is 6.51. The summed E-state index contributed by atoms with van der Waals surface area (Å²) in [5.41, 5.74) is 7.05. The summed E-state index contributed by atoms with van der Waals surface area (Å²) >= 11 is 0. The third-order valence-electron chi connectivity index (χ3n) is 4.41. The summed E-state index contributed by atoms with van der Waals surface area (Å²) in [6.45, 7) is 8.77. The van der Waals surface area contributed by atoms with Crippen LogP contribution >= 0.6 is 0 Å². The van der Waals surface area contributed by atoms with Crippen LogP contribution in [0.5, 0.6) is 0 Å². The van der Waals surface area contributed by atoms with Gasteiger partial charge in [-0.25, -0.2) is 0 Å². The Morgan fingerprint density at radius 3 is 2.11 bits per heavy atom. The van der Waals surface area contributed by atoms with Crippen LogP contribution in [0.4, 0.5) is 0 Å². The fraction of sp³-hybridized carbons (Fsp3) is 0.625. The minimum absolute atomic E-state index is 0.0480. The van der Waals surface area contributed by atoms with Gasteiger partial charge in [0.15, 0.2) is 0 Å². The van der Waals surface area contributed by atoms with E-state index < -0.39 is 0 Å². The average Bonchev–Trinajstić information content (AvgIpc) is 2.33. The van der Waals surface area contributed by atoms with E-state index in [1.54, 1.807) is 0 Å². The minimum atomic E-state index is 0.0480. The summed E-state index contributed by atoms with van der Waals surface area (Å²) in [6.07, 6.45) is 2.00. The molecule has 3 nitrogen and oxygen atoms in total. The average molecular weight is 263 g/mol. The zero-order valence-electron chi connectivity index (χ0n) is 13.2. The van der Waals surface area contributed by atoms with Gasteiger partial charge in [-0.05, 0) is 53.3 Å². The van der Waals surface area contributed by atoms with Gasteiger partial charge in [0, 0.05) is 11.6 Å². The SMILES string of the molecule is CCC(C)(C(Cc1cc(C)cc(C)c1)NN)N(C)C. The zero-order valence-corrected chi connectivity index (χ0v) is 13.2. The highest BCUT2D eigenvalue weighted by Gasteiger charge is 2.34. The molecule has 1 aromatic rings. The maximum absolute atomic E-state index is 5.82. The Hall–Kier alpha value is -0.900. The van der Waals surface area contributed by atoms with Gasteiger partial charge < -0.3 is 4.90 Å². The van der Waals surface area contributed by atoms with Crippen molar-refractivity contribution in [2.45, 2.75) is 52.1 Å². The standard InChI is InChI=1S/C16H29N3/c1-7-16(4,19(5)6)15(18-17)11-14-9-12(2)8-13(3)10-14/h8-10,15,18H,7,11,17H2,1-6H3. The molecule has 0 amide bonds. The minimum Gasteiger partial charge on any atom is -0.302 e. The number of hydrogen-bond donors (Lipinski definition) is 2. The summed E-state index contributed by atoms with van der Waals surface area (Å²) in [7, 11) is 4.24. The van der Waals surface area contributed by atoms with Crippen LogP contribution in [-0.2, 0) is 6.42 Å². The molecule has 0 aliphatic heterocycles. The van der Waals surface area contributed by atoms with Crippen LogP contribution in [-0.4, -0.2) is 30.6 Å². The molecule has 0 aromatic heterocycles. The van der Waals surface area contributed by atoms with Gasteiger partial charge in [-0.3, -0.25) is 11.3 Å². The Bertz CT molecular complexity index is 394. The summed E-state index contributed by atoms with van der Waals surface area (Å²) in [5.74, 6) is 5.82. The van der Waals surface area contributed by atoms with E-state index in [0.717, 1.165) is 12.8 Å². The Kier molecular flexibility index (Phi) is 5.53. The maximum atomic E-state index is 5.82. The van der Waals surface area contributed by atoms with Gasteiger partial charge in [0.25, 0.3) is 0 Å². The van der Waals surface area contributed by atoms with E-state index in [9.17, 15) is 0 Å². The lowest BCUT2D eigenvalue weighted by molar-refractivity contribution is 0.112. The monoisotopic (exact) mass is 263 g/mol. The van der Waals surface area contributed by atoms with Gasteiger partial charge in [0.05, 0.1) is 0 Å². The van der Waals surface area contributed by atoms with Crippen molar-refractivity contribution in [3.63, 3.8) is 0 Å². The Morgan fingerprint density at radius 2 is 1.74 bits per heavy atom. The first-order valence-electron chi connectivity index (χ1n) is 7.04. The van der Waals surface area contributed by atoms with Crippen molar-refractivity contribution < 1.29 is 0 Å². The molecule has 19 heavy (non-hydrogen) atoms. The number of nitrogens with two attached hydrogens (primary N) is 1. The molecule has 2 unspecified atom stereocenters. The highest BCUT2D eigenvalue weighted by Crippen LogP contribution is 2.24. The molecule has 3 N–H and O–H groups in total. The maximum Gasteiger partial charge on any atom is 0.0432 e. The summed E-state index contributed by atoms with van der Waals surface area (Å²) in [5, 5.41) is 0. The first-order chi connectivity index (χ1) is 8.83. The molecule has 1 aromatic carbocycles. The number of aryl methyl sites for hydroxylation is 2. The third kappa shape index (κ3) is 3.78. The van der Waals surface area contributed by atoms with E-state index in [1.807, 2.05) is 0 Å². The lowest BCUT2D eigenvalue weighted by atomic mass is 9.84. The summed E-state index contributed by atoms with van der Waals surface area (Å²) in [6, 6.07) is 6.94. The van der Waals surface area contributed by atoms with E-state index in [0.29, 0.717) is 0 Å². The summed E-state index contributed by atoms with van der Waals surface area (Å²) < 4.78 is 0. The number of likely N-dealkylation sites (N-methyl/N-ethyl adjacent to an activating group) is 1. The molecule has 1 rings (SSSR count). The van der Waals surface area contributed by atoms with Crippen LogP contribution in [0.3, 0.4) is 0 Å². The molecule has 0 spiro atoms. The zero-order chi connectivity index (χ0) is 14.6. The number of nitrogens with zero attached hydrogens (tertiary/aromatic N) is 1. The van der Waals surface area contributed by atoms with Crippen LogP contribution in [0.25, 0.3) is 0 Å². The van der Waals surface area contributed by atoms with E-state index in [1.165, 1.54) is 16.7 Å². The van der Waals surface area contributed by atoms with Crippen LogP contribution in [0.15, 0.2) is 18.2 Å². The first kappa shape index (κ1) is 16.2. The molecule has 0 aliphatic carbocycles. The topological polar surface area (TPSA) is 41.3 Å². The molecule has 108 valence electrons. The lowest BCUT2D eigenvalue weighted by Gasteiger charge is -2.42. The number of hydrogen-bond acceptors (Lipinski definition) is 3. The van der Waals surface area contributed by atoms with Gasteiger partial charge >= 0.3 is 0 Å². The van der Waals surface area contributed by atoms with Crippen molar-refractivity contribution in [2.24, 2.45) is 5.84 Å². The highest BCUT2D eigenvalue weighted by molar-refractivity contribution is 5.29. The molecular formula is C16H29N3. The fourth-order valence-corrected chi connectivity index (χ4v) is 2.76. The molecule has 0 aliphatic rings. The molecule has 0 radical (unpaired) electrons. The van der Waals surface area contributed by atoms with Crippen molar-refractivity contribution in [2.75, 3.05) is 14.1 Å². The highest BCUT2D eigenvalue weighted by atomic mass is 15.3. The van der Waals surface area contributed by atoms with E-state index in [2.05, 4.69) is 70.3 Å². The Labute approximate surface area is 118 Å². The number of benzene rings is 1. The van der Waals surface area contributed by atoms with E-state index >= 15 is 0 Å². The van der Waals surface area contributed by atoms with Crippen molar-refractivity contribution in [3.05, 3.63) is 34.9 Å². The largest absolute Gasteiger partial charge is 0.302 e. The van der Waals surface area contributed by atoms with E-state index in [-0.39, 0.29) is 11.6 Å². The van der Waals surface area contributed by atoms with Crippen molar-refractivity contribution in [3.8, 4) is 0 Å². The molecule has 0 bridgehead atoms.